The van der Waals surface area contributed by atoms with Crippen molar-refractivity contribution in [2.75, 3.05) is 13.1 Å². The molecule has 1 fully saturated rings. The molecule has 5 heteroatoms. The Bertz CT molecular complexity index is 635. The lowest BCUT2D eigenvalue weighted by Gasteiger charge is -2.13. The average molecular weight is 273 g/mol. The van der Waals surface area contributed by atoms with Crippen molar-refractivity contribution < 1.29 is 9.90 Å². The number of aromatic nitrogens is 2. The minimum atomic E-state index is -0.684. The van der Waals surface area contributed by atoms with Crippen LogP contribution in [0, 0.1) is 5.92 Å². The molecule has 0 spiro atoms. The first-order valence-electron chi connectivity index (χ1n) is 7.08. The Morgan fingerprint density at radius 2 is 2.25 bits per heavy atom. The molecule has 1 saturated heterocycles. The van der Waals surface area contributed by atoms with Crippen LogP contribution in [0.4, 0.5) is 0 Å². The first-order chi connectivity index (χ1) is 9.69. The minimum Gasteiger partial charge on any atom is -0.481 e. The van der Waals surface area contributed by atoms with Gasteiger partial charge in [0.1, 0.15) is 0 Å². The molecule has 0 bridgehead atoms. The van der Waals surface area contributed by atoms with Crippen molar-refractivity contribution in [2.45, 2.75) is 26.4 Å². The molecular weight excluding hydrogens is 254 g/mol. The highest BCUT2D eigenvalue weighted by molar-refractivity contribution is 5.81. The lowest BCUT2D eigenvalue weighted by Crippen LogP contribution is -2.23. The molecule has 1 unspecified atom stereocenters. The van der Waals surface area contributed by atoms with Gasteiger partial charge in [0.15, 0.2) is 0 Å². The molecule has 3 rings (SSSR count). The molecule has 2 aromatic rings. The maximum Gasteiger partial charge on any atom is 0.307 e. The summed E-state index contributed by atoms with van der Waals surface area (Å²) >= 11 is 0. The number of benzene rings is 1. The smallest absolute Gasteiger partial charge is 0.307 e. The highest BCUT2D eigenvalue weighted by Crippen LogP contribution is 2.23. The van der Waals surface area contributed by atoms with E-state index in [1.165, 1.54) is 5.39 Å². The van der Waals surface area contributed by atoms with Crippen LogP contribution in [0.15, 0.2) is 24.3 Å². The van der Waals surface area contributed by atoms with Crippen molar-refractivity contribution in [2.24, 2.45) is 5.92 Å². The Morgan fingerprint density at radius 1 is 1.45 bits per heavy atom. The molecule has 1 aliphatic rings. The Hall–Kier alpha value is -1.88. The van der Waals surface area contributed by atoms with E-state index in [1.54, 1.807) is 0 Å². The van der Waals surface area contributed by atoms with E-state index in [1.807, 2.05) is 16.8 Å². The Labute approximate surface area is 117 Å². The molecular formula is C15H19N3O2. The summed E-state index contributed by atoms with van der Waals surface area (Å²) in [5, 5.41) is 14.9. The molecule has 1 atom stereocenters. The number of rotatable bonds is 4. The number of hydrogen-bond donors (Lipinski definition) is 1. The van der Waals surface area contributed by atoms with Gasteiger partial charge < -0.3 is 5.11 Å². The Morgan fingerprint density at radius 3 is 2.95 bits per heavy atom. The first-order valence-corrected chi connectivity index (χ1v) is 7.08. The van der Waals surface area contributed by atoms with Gasteiger partial charge in [-0.25, -0.2) is 0 Å². The lowest BCUT2D eigenvalue weighted by molar-refractivity contribution is -0.141. The van der Waals surface area contributed by atoms with Gasteiger partial charge in [-0.3, -0.25) is 14.4 Å². The van der Waals surface area contributed by atoms with E-state index in [0.717, 1.165) is 37.3 Å². The number of aliphatic carboxylic acids is 1. The maximum atomic E-state index is 11.0. The topological polar surface area (TPSA) is 58.4 Å². The molecule has 2 heterocycles. The number of aryl methyl sites for hydroxylation is 1. The summed E-state index contributed by atoms with van der Waals surface area (Å²) in [7, 11) is 0. The number of hydrogen-bond acceptors (Lipinski definition) is 3. The van der Waals surface area contributed by atoms with Crippen molar-refractivity contribution >= 4 is 16.9 Å². The van der Waals surface area contributed by atoms with Crippen LogP contribution in [0.5, 0.6) is 0 Å². The molecule has 0 radical (unpaired) electrons. The van der Waals surface area contributed by atoms with Gasteiger partial charge in [-0.05, 0) is 26.0 Å². The molecule has 0 aliphatic carbocycles. The van der Waals surface area contributed by atoms with Crippen LogP contribution in [0.3, 0.4) is 0 Å². The van der Waals surface area contributed by atoms with Crippen LogP contribution < -0.4 is 0 Å². The van der Waals surface area contributed by atoms with E-state index in [2.05, 4.69) is 29.1 Å². The van der Waals surface area contributed by atoms with Crippen LogP contribution in [0.1, 0.15) is 19.0 Å². The van der Waals surface area contributed by atoms with Gasteiger partial charge in [-0.15, -0.1) is 0 Å². The van der Waals surface area contributed by atoms with Gasteiger partial charge in [0.05, 0.1) is 17.1 Å². The third kappa shape index (κ3) is 2.29. The Kier molecular flexibility index (Phi) is 3.44. The number of carboxylic acids is 1. The van der Waals surface area contributed by atoms with Crippen molar-refractivity contribution in [1.29, 1.82) is 0 Å². The van der Waals surface area contributed by atoms with Crippen molar-refractivity contribution in [1.82, 2.24) is 14.7 Å². The van der Waals surface area contributed by atoms with Crippen LogP contribution in [0.25, 0.3) is 10.9 Å². The minimum absolute atomic E-state index is 0.227. The predicted molar refractivity (Wildman–Crippen MR) is 76.4 cm³/mol. The summed E-state index contributed by atoms with van der Waals surface area (Å²) in [6, 6.07) is 8.22. The zero-order valence-electron chi connectivity index (χ0n) is 11.6. The number of nitrogens with zero attached hydrogens (tertiary/aromatic N) is 3. The van der Waals surface area contributed by atoms with E-state index >= 15 is 0 Å². The van der Waals surface area contributed by atoms with Crippen LogP contribution in [-0.4, -0.2) is 38.8 Å². The second-order valence-electron chi connectivity index (χ2n) is 5.34. The predicted octanol–water partition coefficient (Wildman–Crippen LogP) is 1.96. The number of fused-ring (bicyclic) bond motifs is 1. The van der Waals surface area contributed by atoms with Crippen molar-refractivity contribution in [3.8, 4) is 0 Å². The SMILES string of the molecule is CCn1nc(CN2CCC(C(=O)O)C2)c2ccccc21. The summed E-state index contributed by atoms with van der Waals surface area (Å²) in [5.74, 6) is -0.911. The van der Waals surface area contributed by atoms with Crippen molar-refractivity contribution in [3.63, 3.8) is 0 Å². The van der Waals surface area contributed by atoms with Gasteiger partial charge in [0, 0.05) is 25.0 Å². The third-order valence-corrected chi connectivity index (χ3v) is 4.03. The fourth-order valence-electron chi connectivity index (χ4n) is 2.94. The van der Waals surface area contributed by atoms with Gasteiger partial charge >= 0.3 is 5.97 Å². The number of likely N-dealkylation sites (tertiary alicyclic amines) is 1. The molecule has 1 aliphatic heterocycles. The van der Waals surface area contributed by atoms with Gasteiger partial charge in [-0.1, -0.05) is 18.2 Å². The Balaban J connectivity index is 1.83. The van der Waals surface area contributed by atoms with Crippen LogP contribution in [-0.2, 0) is 17.9 Å². The second kappa shape index (κ2) is 5.25. The largest absolute Gasteiger partial charge is 0.481 e. The monoisotopic (exact) mass is 273 g/mol. The van der Waals surface area contributed by atoms with Gasteiger partial charge in [0.2, 0.25) is 0 Å². The standard InChI is InChI=1S/C15H19N3O2/c1-2-18-14-6-4-3-5-12(14)13(16-18)10-17-8-7-11(9-17)15(19)20/h3-6,11H,2,7-10H2,1H3,(H,19,20). The lowest BCUT2D eigenvalue weighted by atomic mass is 10.1. The average Bonchev–Trinajstić information content (AvgIpc) is 3.05. The van der Waals surface area contributed by atoms with E-state index in [-0.39, 0.29) is 5.92 Å². The van der Waals surface area contributed by atoms with E-state index < -0.39 is 5.97 Å². The number of para-hydroxylation sites is 1. The van der Waals surface area contributed by atoms with E-state index in [0.29, 0.717) is 6.54 Å². The first kappa shape index (κ1) is 13.1. The molecule has 1 aromatic carbocycles. The fraction of sp³-hybridized carbons (Fsp3) is 0.467. The molecule has 0 saturated carbocycles. The molecule has 1 aromatic heterocycles. The van der Waals surface area contributed by atoms with Gasteiger partial charge in [0.25, 0.3) is 0 Å². The summed E-state index contributed by atoms with van der Waals surface area (Å²) < 4.78 is 2.01. The molecule has 20 heavy (non-hydrogen) atoms. The van der Waals surface area contributed by atoms with E-state index in [4.69, 9.17) is 5.11 Å². The highest BCUT2D eigenvalue weighted by Gasteiger charge is 2.28. The molecule has 106 valence electrons. The number of carbonyl (C=O) groups is 1. The summed E-state index contributed by atoms with van der Waals surface area (Å²) in [5.41, 5.74) is 2.20. The quantitative estimate of drug-likeness (QED) is 0.925. The van der Waals surface area contributed by atoms with E-state index in [9.17, 15) is 4.79 Å². The third-order valence-electron chi connectivity index (χ3n) is 4.03. The van der Waals surface area contributed by atoms with Gasteiger partial charge in [-0.2, -0.15) is 5.10 Å². The second-order valence-corrected chi connectivity index (χ2v) is 5.34. The molecule has 1 N–H and O–H groups in total. The summed E-state index contributed by atoms with van der Waals surface area (Å²) in [4.78, 5) is 13.2. The molecule has 0 amide bonds. The van der Waals surface area contributed by atoms with Crippen LogP contribution in [0.2, 0.25) is 0 Å². The normalized spacial score (nSPS) is 19.8. The fourth-order valence-corrected chi connectivity index (χ4v) is 2.94. The molecule has 5 nitrogen and oxygen atoms in total. The summed E-state index contributed by atoms with van der Waals surface area (Å²) in [6.45, 7) is 5.13. The summed E-state index contributed by atoms with van der Waals surface area (Å²) in [6.07, 6.45) is 0.738. The zero-order valence-corrected chi connectivity index (χ0v) is 11.6. The van der Waals surface area contributed by atoms with Crippen LogP contribution >= 0.6 is 0 Å². The number of carboxylic acid groups (broad SMARTS) is 1. The maximum absolute atomic E-state index is 11.0. The zero-order chi connectivity index (χ0) is 14.1. The highest BCUT2D eigenvalue weighted by atomic mass is 16.4. The van der Waals surface area contributed by atoms with Crippen molar-refractivity contribution in [3.05, 3.63) is 30.0 Å².